The lowest BCUT2D eigenvalue weighted by molar-refractivity contribution is -0.144. The van der Waals surface area contributed by atoms with Gasteiger partial charge in [0.1, 0.15) is 0 Å². The summed E-state index contributed by atoms with van der Waals surface area (Å²) < 4.78 is 4.99. The number of aryl methyl sites for hydroxylation is 2. The number of thioether (sulfide) groups is 1. The van der Waals surface area contributed by atoms with Crippen LogP contribution in [0, 0.1) is 13.8 Å². The first-order chi connectivity index (χ1) is 9.38. The number of ether oxygens (including phenoxy) is 1. The number of carbonyl (C=O) groups is 2. The van der Waals surface area contributed by atoms with Crippen molar-refractivity contribution in [2.75, 3.05) is 16.8 Å². The van der Waals surface area contributed by atoms with Crippen molar-refractivity contribution in [3.63, 3.8) is 0 Å². The molecule has 0 unspecified atom stereocenters. The van der Waals surface area contributed by atoms with E-state index in [-0.39, 0.29) is 29.5 Å². The Morgan fingerprint density at radius 2 is 1.95 bits per heavy atom. The number of benzene rings is 1. The molecule has 20 heavy (non-hydrogen) atoms. The largest absolute Gasteiger partial charge is 0.462 e. The van der Waals surface area contributed by atoms with Crippen molar-refractivity contribution in [3.05, 3.63) is 29.3 Å². The van der Waals surface area contributed by atoms with E-state index < -0.39 is 0 Å². The van der Waals surface area contributed by atoms with E-state index in [0.29, 0.717) is 0 Å². The molecular weight excluding hydrogens is 274 g/mol. The fourth-order valence-electron chi connectivity index (χ4n) is 1.66. The minimum Gasteiger partial charge on any atom is -0.462 e. The van der Waals surface area contributed by atoms with Crippen LogP contribution in [0.2, 0.25) is 0 Å². The Labute approximate surface area is 124 Å². The quantitative estimate of drug-likeness (QED) is 0.820. The van der Waals surface area contributed by atoms with E-state index in [1.807, 2.05) is 32.0 Å². The number of hydrogen-bond donors (Lipinski definition) is 1. The second kappa shape index (κ2) is 7.94. The number of rotatable bonds is 6. The van der Waals surface area contributed by atoms with Crippen molar-refractivity contribution >= 4 is 29.3 Å². The van der Waals surface area contributed by atoms with Gasteiger partial charge in [-0.05, 0) is 39.3 Å². The zero-order chi connectivity index (χ0) is 15.1. The predicted octanol–water partition coefficient (Wildman–Crippen LogP) is 2.93. The summed E-state index contributed by atoms with van der Waals surface area (Å²) in [5.74, 6) is 0.0301. The van der Waals surface area contributed by atoms with Crippen LogP contribution in [0.3, 0.4) is 0 Å². The van der Waals surface area contributed by atoms with Crippen molar-refractivity contribution in [3.8, 4) is 0 Å². The van der Waals surface area contributed by atoms with Crippen LogP contribution in [0.5, 0.6) is 0 Å². The second-order valence-corrected chi connectivity index (χ2v) is 5.88. The highest BCUT2D eigenvalue weighted by molar-refractivity contribution is 8.00. The summed E-state index contributed by atoms with van der Waals surface area (Å²) in [6.45, 7) is 7.56. The Hall–Kier alpha value is -1.49. The molecule has 4 nitrogen and oxygen atoms in total. The van der Waals surface area contributed by atoms with E-state index in [2.05, 4.69) is 5.32 Å². The smallest absolute Gasteiger partial charge is 0.316 e. The Bertz CT molecular complexity index is 486. The number of hydrogen-bond acceptors (Lipinski definition) is 4. The SMILES string of the molecule is Cc1ccc(NC(=O)CSCC(=O)OC(C)C)c(C)c1. The van der Waals surface area contributed by atoms with Gasteiger partial charge in [0.05, 0.1) is 17.6 Å². The van der Waals surface area contributed by atoms with Crippen LogP contribution in [0.1, 0.15) is 25.0 Å². The van der Waals surface area contributed by atoms with Crippen LogP contribution in [0.15, 0.2) is 18.2 Å². The van der Waals surface area contributed by atoms with Gasteiger partial charge < -0.3 is 10.1 Å². The van der Waals surface area contributed by atoms with E-state index in [1.165, 1.54) is 11.8 Å². The zero-order valence-corrected chi connectivity index (χ0v) is 13.2. The third kappa shape index (κ3) is 6.10. The summed E-state index contributed by atoms with van der Waals surface area (Å²) in [5.41, 5.74) is 3.00. The minimum absolute atomic E-state index is 0.112. The van der Waals surface area contributed by atoms with Crippen LogP contribution in [0.25, 0.3) is 0 Å². The summed E-state index contributed by atoms with van der Waals surface area (Å²) in [6, 6.07) is 5.86. The first kappa shape index (κ1) is 16.6. The molecule has 0 bridgehead atoms. The fourth-order valence-corrected chi connectivity index (χ4v) is 2.26. The van der Waals surface area contributed by atoms with Crippen molar-refractivity contribution < 1.29 is 14.3 Å². The maximum Gasteiger partial charge on any atom is 0.316 e. The van der Waals surface area contributed by atoms with Gasteiger partial charge in [-0.25, -0.2) is 0 Å². The monoisotopic (exact) mass is 295 g/mol. The van der Waals surface area contributed by atoms with Crippen LogP contribution < -0.4 is 5.32 Å². The predicted molar refractivity (Wildman–Crippen MR) is 83.1 cm³/mol. The molecule has 0 atom stereocenters. The number of carbonyl (C=O) groups excluding carboxylic acids is 2. The first-order valence-electron chi connectivity index (χ1n) is 6.53. The fraction of sp³-hybridized carbons (Fsp3) is 0.467. The van der Waals surface area contributed by atoms with Crippen LogP contribution in [-0.4, -0.2) is 29.5 Å². The summed E-state index contributed by atoms with van der Waals surface area (Å²) >= 11 is 1.25. The van der Waals surface area contributed by atoms with Crippen LogP contribution in [0.4, 0.5) is 5.69 Å². The molecule has 0 spiro atoms. The highest BCUT2D eigenvalue weighted by Gasteiger charge is 2.09. The van der Waals surface area contributed by atoms with E-state index in [4.69, 9.17) is 4.74 Å². The molecule has 0 aliphatic heterocycles. The van der Waals surface area contributed by atoms with Gasteiger partial charge in [0.25, 0.3) is 0 Å². The Morgan fingerprint density at radius 3 is 2.55 bits per heavy atom. The number of amides is 1. The van der Waals surface area contributed by atoms with E-state index >= 15 is 0 Å². The van der Waals surface area contributed by atoms with Gasteiger partial charge >= 0.3 is 5.97 Å². The summed E-state index contributed by atoms with van der Waals surface area (Å²) in [4.78, 5) is 23.1. The third-order valence-electron chi connectivity index (χ3n) is 2.48. The summed E-state index contributed by atoms with van der Waals surface area (Å²) in [6.07, 6.45) is -0.118. The molecule has 0 aromatic heterocycles. The molecule has 1 N–H and O–H groups in total. The second-order valence-electron chi connectivity index (χ2n) is 4.90. The van der Waals surface area contributed by atoms with Crippen molar-refractivity contribution in [2.45, 2.75) is 33.8 Å². The Balaban J connectivity index is 2.35. The first-order valence-corrected chi connectivity index (χ1v) is 7.68. The third-order valence-corrected chi connectivity index (χ3v) is 3.38. The van der Waals surface area contributed by atoms with E-state index in [9.17, 15) is 9.59 Å². The molecule has 0 saturated heterocycles. The van der Waals surface area contributed by atoms with Gasteiger partial charge in [-0.1, -0.05) is 17.7 Å². The molecule has 110 valence electrons. The lowest BCUT2D eigenvalue weighted by Gasteiger charge is -2.09. The summed E-state index contributed by atoms with van der Waals surface area (Å²) in [5, 5.41) is 2.84. The molecule has 1 rings (SSSR count). The highest BCUT2D eigenvalue weighted by Crippen LogP contribution is 2.16. The van der Waals surface area contributed by atoms with Crippen molar-refractivity contribution in [1.29, 1.82) is 0 Å². The van der Waals surface area contributed by atoms with Gasteiger partial charge in [-0.2, -0.15) is 0 Å². The average molecular weight is 295 g/mol. The van der Waals surface area contributed by atoms with Gasteiger partial charge in [0, 0.05) is 5.69 Å². The van der Waals surface area contributed by atoms with Crippen LogP contribution in [-0.2, 0) is 14.3 Å². The minimum atomic E-state index is -0.288. The number of nitrogens with one attached hydrogen (secondary N) is 1. The molecule has 1 aromatic rings. The molecule has 0 heterocycles. The van der Waals surface area contributed by atoms with Crippen LogP contribution >= 0.6 is 11.8 Å². The molecule has 0 saturated carbocycles. The highest BCUT2D eigenvalue weighted by atomic mass is 32.2. The maximum atomic E-state index is 11.8. The molecule has 0 fully saturated rings. The molecule has 1 aromatic carbocycles. The number of esters is 1. The lowest BCUT2D eigenvalue weighted by Crippen LogP contribution is -2.18. The molecule has 0 aliphatic rings. The zero-order valence-electron chi connectivity index (χ0n) is 12.4. The lowest BCUT2D eigenvalue weighted by atomic mass is 10.1. The van der Waals surface area contributed by atoms with Gasteiger partial charge in [-0.15, -0.1) is 11.8 Å². The standard InChI is InChI=1S/C15H21NO3S/c1-10(2)19-15(18)9-20-8-14(17)16-13-6-5-11(3)7-12(13)4/h5-7,10H,8-9H2,1-4H3,(H,16,17). The van der Waals surface area contributed by atoms with Gasteiger partial charge in [-0.3, -0.25) is 9.59 Å². The van der Waals surface area contributed by atoms with Crippen molar-refractivity contribution in [1.82, 2.24) is 0 Å². The molecule has 5 heteroatoms. The Morgan fingerprint density at radius 1 is 1.25 bits per heavy atom. The topological polar surface area (TPSA) is 55.4 Å². The normalized spacial score (nSPS) is 10.4. The Kier molecular flexibility index (Phi) is 6.58. The van der Waals surface area contributed by atoms with Crippen molar-refractivity contribution in [2.24, 2.45) is 0 Å². The molecule has 0 radical (unpaired) electrons. The maximum absolute atomic E-state index is 11.8. The van der Waals surface area contributed by atoms with Gasteiger partial charge in [0.2, 0.25) is 5.91 Å². The van der Waals surface area contributed by atoms with Gasteiger partial charge in [0.15, 0.2) is 0 Å². The molecular formula is C15H21NO3S. The van der Waals surface area contributed by atoms with E-state index in [0.717, 1.165) is 16.8 Å². The molecule has 0 aliphatic carbocycles. The average Bonchev–Trinajstić information content (AvgIpc) is 2.31. The number of anilines is 1. The van der Waals surface area contributed by atoms with E-state index in [1.54, 1.807) is 13.8 Å². The summed E-state index contributed by atoms with van der Waals surface area (Å²) in [7, 11) is 0. The molecule has 1 amide bonds.